The van der Waals surface area contributed by atoms with E-state index in [1.165, 1.54) is 12.1 Å². The van der Waals surface area contributed by atoms with Gasteiger partial charge in [-0.25, -0.2) is 4.39 Å². The van der Waals surface area contributed by atoms with Gasteiger partial charge in [-0.05, 0) is 29.8 Å². The summed E-state index contributed by atoms with van der Waals surface area (Å²) in [4.78, 5) is 2.07. The number of nitrogens with zero attached hydrogens (tertiary/aromatic N) is 1. The van der Waals surface area contributed by atoms with Crippen LogP contribution in [0.4, 0.5) is 10.1 Å². The predicted molar refractivity (Wildman–Crippen MR) is 79.6 cm³/mol. The molecule has 0 fully saturated rings. The van der Waals surface area contributed by atoms with Crippen molar-refractivity contribution in [2.45, 2.75) is 6.04 Å². The molecule has 2 aromatic carbocycles. The lowest BCUT2D eigenvalue weighted by molar-refractivity contribution is 0.414. The van der Waals surface area contributed by atoms with E-state index in [0.29, 0.717) is 6.54 Å². The van der Waals surface area contributed by atoms with E-state index in [4.69, 9.17) is 10.5 Å². The zero-order valence-corrected chi connectivity index (χ0v) is 11.7. The zero-order valence-electron chi connectivity index (χ0n) is 11.7. The second kappa shape index (κ2) is 6.39. The highest BCUT2D eigenvalue weighted by molar-refractivity contribution is 5.52. The van der Waals surface area contributed by atoms with Crippen LogP contribution in [-0.2, 0) is 0 Å². The fraction of sp³-hybridized carbons (Fsp3) is 0.250. The minimum Gasteiger partial charge on any atom is -0.497 e. The van der Waals surface area contributed by atoms with E-state index in [2.05, 4.69) is 4.90 Å². The van der Waals surface area contributed by atoms with Gasteiger partial charge >= 0.3 is 0 Å². The molecule has 0 aromatic heterocycles. The second-order valence-electron chi connectivity index (χ2n) is 4.62. The maximum atomic E-state index is 13.0. The Kier molecular flexibility index (Phi) is 4.58. The fourth-order valence-electron chi connectivity index (χ4n) is 2.21. The Balaban J connectivity index is 2.28. The standard InChI is InChI=1S/C16H19FN2O/c1-19(14-4-3-5-15(10-14)20-2)16(11-18)12-6-8-13(17)9-7-12/h3-10,16H,11,18H2,1-2H3. The predicted octanol–water partition coefficient (Wildman–Crippen LogP) is 2.97. The number of anilines is 1. The summed E-state index contributed by atoms with van der Waals surface area (Å²) in [5.74, 6) is 0.554. The van der Waals surface area contributed by atoms with Gasteiger partial charge in [0.2, 0.25) is 0 Å². The molecule has 0 spiro atoms. The molecule has 2 rings (SSSR count). The maximum absolute atomic E-state index is 13.0. The number of hydrogen-bond donors (Lipinski definition) is 1. The van der Waals surface area contributed by atoms with Crippen LogP contribution in [0.1, 0.15) is 11.6 Å². The highest BCUT2D eigenvalue weighted by atomic mass is 19.1. The first-order valence-electron chi connectivity index (χ1n) is 6.48. The van der Waals surface area contributed by atoms with Gasteiger partial charge in [0, 0.05) is 25.3 Å². The number of methoxy groups -OCH3 is 1. The molecule has 0 amide bonds. The highest BCUT2D eigenvalue weighted by Crippen LogP contribution is 2.27. The monoisotopic (exact) mass is 274 g/mol. The Hall–Kier alpha value is -2.07. The van der Waals surface area contributed by atoms with Crippen molar-refractivity contribution in [1.29, 1.82) is 0 Å². The second-order valence-corrected chi connectivity index (χ2v) is 4.62. The lowest BCUT2D eigenvalue weighted by Crippen LogP contribution is -2.30. The van der Waals surface area contributed by atoms with Gasteiger partial charge < -0.3 is 15.4 Å². The third kappa shape index (κ3) is 3.08. The van der Waals surface area contributed by atoms with Gasteiger partial charge in [-0.2, -0.15) is 0 Å². The van der Waals surface area contributed by atoms with Crippen LogP contribution in [-0.4, -0.2) is 20.7 Å². The van der Waals surface area contributed by atoms with Gasteiger partial charge in [0.25, 0.3) is 0 Å². The molecule has 0 heterocycles. The lowest BCUT2D eigenvalue weighted by atomic mass is 10.0. The van der Waals surface area contributed by atoms with Gasteiger partial charge in [-0.15, -0.1) is 0 Å². The van der Waals surface area contributed by atoms with Crippen LogP contribution < -0.4 is 15.4 Å². The first kappa shape index (κ1) is 14.3. The van der Waals surface area contributed by atoms with E-state index < -0.39 is 0 Å². The van der Waals surface area contributed by atoms with Gasteiger partial charge in [0.05, 0.1) is 13.2 Å². The number of ether oxygens (including phenoxy) is 1. The summed E-state index contributed by atoms with van der Waals surface area (Å²) in [6.07, 6.45) is 0. The Morgan fingerprint density at radius 2 is 1.90 bits per heavy atom. The Bertz CT molecular complexity index is 557. The average Bonchev–Trinajstić information content (AvgIpc) is 2.50. The number of halogens is 1. The van der Waals surface area contributed by atoms with Crippen molar-refractivity contribution in [3.63, 3.8) is 0 Å². The molecule has 0 aliphatic carbocycles. The summed E-state index contributed by atoms with van der Waals surface area (Å²) >= 11 is 0. The number of hydrogen-bond acceptors (Lipinski definition) is 3. The quantitative estimate of drug-likeness (QED) is 0.911. The van der Waals surface area contributed by atoms with Gasteiger partial charge in [-0.1, -0.05) is 18.2 Å². The Labute approximate surface area is 118 Å². The molecule has 2 N–H and O–H groups in total. The summed E-state index contributed by atoms with van der Waals surface area (Å²) in [6.45, 7) is 0.444. The van der Waals surface area contributed by atoms with Gasteiger partial charge in [0.1, 0.15) is 11.6 Å². The molecule has 1 atom stereocenters. The minimum absolute atomic E-state index is 0.0114. The number of rotatable bonds is 5. The van der Waals surface area contributed by atoms with Crippen molar-refractivity contribution in [3.8, 4) is 5.75 Å². The molecule has 106 valence electrons. The molecular formula is C16H19FN2O. The number of nitrogens with two attached hydrogens (primary N) is 1. The van der Waals surface area contributed by atoms with E-state index >= 15 is 0 Å². The maximum Gasteiger partial charge on any atom is 0.123 e. The summed E-state index contributed by atoms with van der Waals surface area (Å²) in [7, 11) is 3.61. The van der Waals surface area contributed by atoms with Crippen molar-refractivity contribution in [2.75, 3.05) is 25.6 Å². The molecular weight excluding hydrogens is 255 g/mol. The summed E-state index contributed by atoms with van der Waals surface area (Å²) < 4.78 is 18.2. The Morgan fingerprint density at radius 3 is 2.50 bits per heavy atom. The van der Waals surface area contributed by atoms with Gasteiger partial charge in [0.15, 0.2) is 0 Å². The van der Waals surface area contributed by atoms with Crippen LogP contribution in [0.2, 0.25) is 0 Å². The molecule has 0 aliphatic heterocycles. The highest BCUT2D eigenvalue weighted by Gasteiger charge is 2.16. The molecule has 3 nitrogen and oxygen atoms in total. The topological polar surface area (TPSA) is 38.5 Å². The molecule has 2 aromatic rings. The van der Waals surface area contributed by atoms with Crippen molar-refractivity contribution in [3.05, 3.63) is 59.9 Å². The molecule has 20 heavy (non-hydrogen) atoms. The normalized spacial score (nSPS) is 12.0. The Morgan fingerprint density at radius 1 is 1.20 bits per heavy atom. The third-order valence-corrected chi connectivity index (χ3v) is 3.41. The molecule has 0 bridgehead atoms. The largest absolute Gasteiger partial charge is 0.497 e. The molecule has 1 unspecified atom stereocenters. The van der Waals surface area contributed by atoms with Crippen LogP contribution in [0.5, 0.6) is 5.75 Å². The summed E-state index contributed by atoms with van der Waals surface area (Å²) in [5.41, 5.74) is 7.87. The van der Waals surface area contributed by atoms with Gasteiger partial charge in [-0.3, -0.25) is 0 Å². The van der Waals surface area contributed by atoms with Crippen molar-refractivity contribution < 1.29 is 9.13 Å². The molecule has 0 radical (unpaired) electrons. The lowest BCUT2D eigenvalue weighted by Gasteiger charge is -2.29. The van der Waals surface area contributed by atoms with Crippen LogP contribution in [0.3, 0.4) is 0 Å². The van der Waals surface area contributed by atoms with E-state index in [0.717, 1.165) is 17.0 Å². The minimum atomic E-state index is -0.242. The SMILES string of the molecule is COc1cccc(N(C)C(CN)c2ccc(F)cc2)c1. The molecule has 0 saturated heterocycles. The van der Waals surface area contributed by atoms with Crippen LogP contribution in [0.25, 0.3) is 0 Å². The number of benzene rings is 2. The zero-order chi connectivity index (χ0) is 14.5. The van der Waals surface area contributed by atoms with Crippen molar-refractivity contribution in [1.82, 2.24) is 0 Å². The molecule has 0 aliphatic rings. The van der Waals surface area contributed by atoms with E-state index in [9.17, 15) is 4.39 Å². The fourth-order valence-corrected chi connectivity index (χ4v) is 2.21. The number of likely N-dealkylation sites (N-methyl/N-ethyl adjacent to an activating group) is 1. The van der Waals surface area contributed by atoms with E-state index in [1.54, 1.807) is 19.2 Å². The third-order valence-electron chi connectivity index (χ3n) is 3.41. The van der Waals surface area contributed by atoms with Crippen molar-refractivity contribution in [2.24, 2.45) is 5.73 Å². The first-order valence-corrected chi connectivity index (χ1v) is 6.48. The summed E-state index contributed by atoms with van der Waals surface area (Å²) in [6, 6.07) is 14.2. The molecule has 4 heteroatoms. The summed E-state index contributed by atoms with van der Waals surface area (Å²) in [5, 5.41) is 0. The van der Waals surface area contributed by atoms with Crippen LogP contribution >= 0.6 is 0 Å². The van der Waals surface area contributed by atoms with Crippen molar-refractivity contribution >= 4 is 5.69 Å². The van der Waals surface area contributed by atoms with E-state index in [-0.39, 0.29) is 11.9 Å². The van der Waals surface area contributed by atoms with E-state index in [1.807, 2.05) is 31.3 Å². The first-order chi connectivity index (χ1) is 9.65. The smallest absolute Gasteiger partial charge is 0.123 e. The van der Waals surface area contributed by atoms with Crippen LogP contribution in [0, 0.1) is 5.82 Å². The molecule has 0 saturated carbocycles. The average molecular weight is 274 g/mol. The van der Waals surface area contributed by atoms with Crippen LogP contribution in [0.15, 0.2) is 48.5 Å².